The zero-order valence-electron chi connectivity index (χ0n) is 13.3. The molecule has 0 saturated carbocycles. The number of aryl methyl sites for hydroxylation is 1. The number of rotatable bonds is 4. The Labute approximate surface area is 142 Å². The molecule has 0 spiro atoms. The highest BCUT2D eigenvalue weighted by molar-refractivity contribution is 6.30. The number of amides is 1. The van der Waals surface area contributed by atoms with E-state index in [2.05, 4.69) is 12.2 Å². The van der Waals surface area contributed by atoms with Gasteiger partial charge in [-0.2, -0.15) is 0 Å². The minimum absolute atomic E-state index is 0.130. The third-order valence-corrected chi connectivity index (χ3v) is 4.50. The Morgan fingerprint density at radius 2 is 1.87 bits per heavy atom. The lowest BCUT2D eigenvalue weighted by molar-refractivity contribution is -0.118. The molecule has 0 aliphatic carbocycles. The summed E-state index contributed by atoms with van der Waals surface area (Å²) in [5.74, 6) is 0.130. The number of hydrogen-bond donors (Lipinski definition) is 1. The molecule has 3 nitrogen and oxygen atoms in total. The number of carbonyl (C=O) groups is 1. The summed E-state index contributed by atoms with van der Waals surface area (Å²) in [6, 6.07) is 15.9. The molecule has 23 heavy (non-hydrogen) atoms. The van der Waals surface area contributed by atoms with Crippen LogP contribution in [-0.4, -0.2) is 25.0 Å². The van der Waals surface area contributed by atoms with Gasteiger partial charge in [0.25, 0.3) is 0 Å². The fraction of sp³-hybridized carbons (Fsp3) is 0.316. The maximum absolute atomic E-state index is 12.9. The van der Waals surface area contributed by atoms with Crippen molar-refractivity contribution in [2.45, 2.75) is 25.8 Å². The molecule has 1 aliphatic rings. The van der Waals surface area contributed by atoms with Crippen LogP contribution < -0.4 is 10.2 Å². The van der Waals surface area contributed by atoms with Gasteiger partial charge in [0.1, 0.15) is 0 Å². The highest BCUT2D eigenvalue weighted by atomic mass is 35.5. The van der Waals surface area contributed by atoms with Gasteiger partial charge >= 0.3 is 0 Å². The summed E-state index contributed by atoms with van der Waals surface area (Å²) in [4.78, 5) is 14.9. The van der Waals surface area contributed by atoms with E-state index in [1.54, 1.807) is 0 Å². The van der Waals surface area contributed by atoms with Gasteiger partial charge in [0, 0.05) is 17.3 Å². The Balaban J connectivity index is 1.83. The standard InChI is InChI=1S/C19H21ClN2O/c1-14-2-4-15(5-3-14)12-19(23)22(18-10-11-21-13-18)17-8-6-16(20)7-9-17/h2-9,18,21H,10-13H2,1H3. The average molecular weight is 329 g/mol. The first-order valence-corrected chi connectivity index (χ1v) is 8.35. The molecule has 1 aliphatic heterocycles. The van der Waals surface area contributed by atoms with Crippen LogP contribution in [0.1, 0.15) is 17.5 Å². The van der Waals surface area contributed by atoms with E-state index >= 15 is 0 Å². The van der Waals surface area contributed by atoms with Gasteiger partial charge < -0.3 is 10.2 Å². The SMILES string of the molecule is Cc1ccc(CC(=O)N(c2ccc(Cl)cc2)C2CCNC2)cc1. The van der Waals surface area contributed by atoms with Gasteiger partial charge in [-0.05, 0) is 49.7 Å². The second-order valence-corrected chi connectivity index (χ2v) is 6.49. The first-order chi connectivity index (χ1) is 11.1. The number of anilines is 1. The van der Waals surface area contributed by atoms with Crippen molar-refractivity contribution in [2.75, 3.05) is 18.0 Å². The molecule has 120 valence electrons. The topological polar surface area (TPSA) is 32.3 Å². The van der Waals surface area contributed by atoms with E-state index in [-0.39, 0.29) is 11.9 Å². The van der Waals surface area contributed by atoms with Crippen molar-refractivity contribution in [1.82, 2.24) is 5.32 Å². The van der Waals surface area contributed by atoms with Gasteiger partial charge in [-0.15, -0.1) is 0 Å². The maximum Gasteiger partial charge on any atom is 0.231 e. The molecule has 0 bridgehead atoms. The molecule has 1 saturated heterocycles. The first kappa shape index (κ1) is 16.0. The van der Waals surface area contributed by atoms with Crippen molar-refractivity contribution < 1.29 is 4.79 Å². The minimum atomic E-state index is 0.130. The fourth-order valence-electron chi connectivity index (χ4n) is 2.99. The van der Waals surface area contributed by atoms with E-state index in [9.17, 15) is 4.79 Å². The Morgan fingerprint density at radius 1 is 1.17 bits per heavy atom. The Kier molecular flexibility index (Phi) is 4.99. The molecule has 3 rings (SSSR count). The van der Waals surface area contributed by atoms with Crippen LogP contribution in [0.2, 0.25) is 5.02 Å². The molecule has 1 atom stereocenters. The van der Waals surface area contributed by atoms with Crippen LogP contribution in [0.25, 0.3) is 0 Å². The van der Waals surface area contributed by atoms with E-state index in [4.69, 9.17) is 11.6 Å². The molecule has 2 aromatic carbocycles. The van der Waals surface area contributed by atoms with Crippen LogP contribution in [0.15, 0.2) is 48.5 Å². The lowest BCUT2D eigenvalue weighted by atomic mass is 10.1. The van der Waals surface area contributed by atoms with Crippen molar-refractivity contribution in [2.24, 2.45) is 0 Å². The third-order valence-electron chi connectivity index (χ3n) is 4.25. The number of nitrogens with zero attached hydrogens (tertiary/aromatic N) is 1. The van der Waals surface area contributed by atoms with Crippen LogP contribution in [0.4, 0.5) is 5.69 Å². The van der Waals surface area contributed by atoms with Gasteiger partial charge in [0.05, 0.1) is 12.5 Å². The predicted octanol–water partition coefficient (Wildman–Crippen LogP) is 3.59. The van der Waals surface area contributed by atoms with Crippen molar-refractivity contribution >= 4 is 23.2 Å². The smallest absolute Gasteiger partial charge is 0.231 e. The molecule has 1 fully saturated rings. The van der Waals surface area contributed by atoms with E-state index in [1.165, 1.54) is 5.56 Å². The number of halogens is 1. The van der Waals surface area contributed by atoms with E-state index < -0.39 is 0 Å². The summed E-state index contributed by atoms with van der Waals surface area (Å²) < 4.78 is 0. The summed E-state index contributed by atoms with van der Waals surface area (Å²) in [5, 5.41) is 4.02. The predicted molar refractivity (Wildman–Crippen MR) is 95.1 cm³/mol. The average Bonchev–Trinajstić information content (AvgIpc) is 3.06. The fourth-order valence-corrected chi connectivity index (χ4v) is 3.11. The van der Waals surface area contributed by atoms with Crippen molar-refractivity contribution in [3.8, 4) is 0 Å². The Morgan fingerprint density at radius 3 is 2.48 bits per heavy atom. The number of carbonyl (C=O) groups excluding carboxylic acids is 1. The molecule has 2 aromatic rings. The highest BCUT2D eigenvalue weighted by Gasteiger charge is 2.27. The van der Waals surface area contributed by atoms with E-state index in [0.717, 1.165) is 30.8 Å². The van der Waals surface area contributed by atoms with Gasteiger partial charge in [0.2, 0.25) is 5.91 Å². The van der Waals surface area contributed by atoms with Crippen LogP contribution in [0.5, 0.6) is 0 Å². The summed E-state index contributed by atoms with van der Waals surface area (Å²) in [5.41, 5.74) is 3.17. The first-order valence-electron chi connectivity index (χ1n) is 7.97. The molecule has 0 aromatic heterocycles. The van der Waals surface area contributed by atoms with Gasteiger partial charge in [-0.25, -0.2) is 0 Å². The van der Waals surface area contributed by atoms with E-state index in [0.29, 0.717) is 11.4 Å². The molecule has 1 unspecified atom stereocenters. The van der Waals surface area contributed by atoms with Gasteiger partial charge in [-0.1, -0.05) is 41.4 Å². The van der Waals surface area contributed by atoms with Crippen LogP contribution in [0, 0.1) is 6.92 Å². The summed E-state index contributed by atoms with van der Waals surface area (Å²) >= 11 is 5.98. The summed E-state index contributed by atoms with van der Waals surface area (Å²) in [6.45, 7) is 3.84. The monoisotopic (exact) mass is 328 g/mol. The molecule has 4 heteroatoms. The lowest BCUT2D eigenvalue weighted by Crippen LogP contribution is -2.42. The number of hydrogen-bond acceptors (Lipinski definition) is 2. The normalized spacial score (nSPS) is 17.2. The second kappa shape index (κ2) is 7.16. The molecule has 0 radical (unpaired) electrons. The van der Waals surface area contributed by atoms with Crippen LogP contribution >= 0.6 is 11.6 Å². The van der Waals surface area contributed by atoms with Crippen molar-refractivity contribution in [3.63, 3.8) is 0 Å². The van der Waals surface area contributed by atoms with Crippen LogP contribution in [-0.2, 0) is 11.2 Å². The quantitative estimate of drug-likeness (QED) is 0.930. The Bertz CT molecular complexity index is 661. The maximum atomic E-state index is 12.9. The van der Waals surface area contributed by atoms with Crippen molar-refractivity contribution in [1.29, 1.82) is 0 Å². The summed E-state index contributed by atoms with van der Waals surface area (Å²) in [7, 11) is 0. The molecular formula is C19H21ClN2O. The molecule has 1 N–H and O–H groups in total. The van der Waals surface area contributed by atoms with Crippen molar-refractivity contribution in [3.05, 3.63) is 64.7 Å². The van der Waals surface area contributed by atoms with Gasteiger partial charge in [-0.3, -0.25) is 4.79 Å². The summed E-state index contributed by atoms with van der Waals surface area (Å²) in [6.07, 6.45) is 1.39. The highest BCUT2D eigenvalue weighted by Crippen LogP contribution is 2.24. The molecule has 1 heterocycles. The zero-order chi connectivity index (χ0) is 16.2. The Hall–Kier alpha value is -1.84. The minimum Gasteiger partial charge on any atom is -0.315 e. The van der Waals surface area contributed by atoms with E-state index in [1.807, 2.05) is 53.4 Å². The second-order valence-electron chi connectivity index (χ2n) is 6.05. The third kappa shape index (κ3) is 3.92. The number of nitrogens with one attached hydrogen (secondary N) is 1. The lowest BCUT2D eigenvalue weighted by Gasteiger charge is -2.29. The van der Waals surface area contributed by atoms with Crippen LogP contribution in [0.3, 0.4) is 0 Å². The zero-order valence-corrected chi connectivity index (χ0v) is 14.0. The molecule has 1 amide bonds. The number of benzene rings is 2. The van der Waals surface area contributed by atoms with Gasteiger partial charge in [0.15, 0.2) is 0 Å². The largest absolute Gasteiger partial charge is 0.315 e. The molecular weight excluding hydrogens is 308 g/mol.